The molecule has 0 aliphatic carbocycles. The summed E-state index contributed by atoms with van der Waals surface area (Å²) in [6.07, 6.45) is 0.505. The first-order valence-electron chi connectivity index (χ1n) is 10.4. The van der Waals surface area contributed by atoms with Gasteiger partial charge in [-0.1, -0.05) is 49.7 Å². The second-order valence-electron chi connectivity index (χ2n) is 8.20. The van der Waals surface area contributed by atoms with Gasteiger partial charge in [-0.3, -0.25) is 9.79 Å². The van der Waals surface area contributed by atoms with Crippen LogP contribution in [0.15, 0.2) is 71.7 Å². The molecule has 3 aromatic rings. The lowest BCUT2D eigenvalue weighted by Gasteiger charge is -2.20. The van der Waals surface area contributed by atoms with E-state index < -0.39 is 6.04 Å². The zero-order valence-corrected chi connectivity index (χ0v) is 18.6. The van der Waals surface area contributed by atoms with Crippen molar-refractivity contribution < 1.29 is 9.90 Å². The van der Waals surface area contributed by atoms with Gasteiger partial charge in [-0.25, -0.2) is 0 Å². The number of aliphatic imine (C=N–C) groups is 1. The van der Waals surface area contributed by atoms with Crippen LogP contribution in [0.1, 0.15) is 42.0 Å². The van der Waals surface area contributed by atoms with Crippen molar-refractivity contribution in [3.05, 3.63) is 94.0 Å². The summed E-state index contributed by atoms with van der Waals surface area (Å²) >= 11 is 6.30. The molecule has 4 rings (SSSR count). The maximum atomic E-state index is 13.3. The quantitative estimate of drug-likeness (QED) is 0.583. The molecule has 5 heteroatoms. The number of hydrogen-bond donors (Lipinski definition) is 1. The molecule has 1 unspecified atom stereocenters. The van der Waals surface area contributed by atoms with Crippen LogP contribution in [0.5, 0.6) is 5.75 Å². The van der Waals surface area contributed by atoms with E-state index in [1.54, 1.807) is 30.1 Å². The Morgan fingerprint density at radius 1 is 1.03 bits per heavy atom. The monoisotopic (exact) mass is 432 g/mol. The van der Waals surface area contributed by atoms with Crippen LogP contribution in [0.25, 0.3) is 0 Å². The van der Waals surface area contributed by atoms with Crippen molar-refractivity contribution in [1.29, 1.82) is 0 Å². The summed E-state index contributed by atoms with van der Waals surface area (Å²) in [5.41, 5.74) is 5.41. The molecule has 0 saturated heterocycles. The van der Waals surface area contributed by atoms with E-state index in [2.05, 4.69) is 38.1 Å². The zero-order chi connectivity index (χ0) is 22.1. The van der Waals surface area contributed by atoms with Gasteiger partial charge in [-0.15, -0.1) is 0 Å². The minimum atomic E-state index is -0.565. The summed E-state index contributed by atoms with van der Waals surface area (Å²) in [7, 11) is 1.78. The molecule has 1 atom stereocenters. The highest BCUT2D eigenvalue weighted by atomic mass is 35.5. The Morgan fingerprint density at radius 3 is 2.35 bits per heavy atom. The summed E-state index contributed by atoms with van der Waals surface area (Å²) in [5, 5.41) is 10.3. The molecule has 1 amide bonds. The lowest BCUT2D eigenvalue weighted by atomic mass is 9.98. The molecule has 0 saturated carbocycles. The fourth-order valence-electron chi connectivity index (χ4n) is 3.86. The largest absolute Gasteiger partial charge is 0.508 e. The van der Waals surface area contributed by atoms with Gasteiger partial charge in [0, 0.05) is 29.6 Å². The lowest BCUT2D eigenvalue weighted by Crippen LogP contribution is -2.36. The minimum absolute atomic E-state index is 0.0645. The van der Waals surface area contributed by atoms with Gasteiger partial charge in [0.1, 0.15) is 11.8 Å². The van der Waals surface area contributed by atoms with Crippen molar-refractivity contribution in [2.75, 3.05) is 11.9 Å². The molecular weight excluding hydrogens is 408 g/mol. The summed E-state index contributed by atoms with van der Waals surface area (Å²) in [5.74, 6) is 0.572. The maximum absolute atomic E-state index is 13.3. The van der Waals surface area contributed by atoms with Crippen molar-refractivity contribution in [2.24, 2.45) is 4.99 Å². The van der Waals surface area contributed by atoms with Crippen LogP contribution >= 0.6 is 11.6 Å². The molecule has 0 radical (unpaired) electrons. The van der Waals surface area contributed by atoms with Gasteiger partial charge in [-0.2, -0.15) is 0 Å². The Kier molecular flexibility index (Phi) is 5.84. The van der Waals surface area contributed by atoms with E-state index in [9.17, 15) is 9.90 Å². The normalized spacial score (nSPS) is 16.2. The molecule has 1 aliphatic heterocycles. The standard InChI is InChI=1S/C26H25ClN2O2/c1-16(2)18-6-4-17(5-7-18)14-23-26(31)29(3)24-13-10-20(27)15-22(24)25(28-23)19-8-11-21(30)12-9-19/h4-13,15-16,23,30H,14H2,1-3H3. The summed E-state index contributed by atoms with van der Waals surface area (Å²) in [6.45, 7) is 4.32. The average molecular weight is 433 g/mol. The Bertz CT molecular complexity index is 1140. The van der Waals surface area contributed by atoms with Gasteiger partial charge in [-0.05, 0) is 59.5 Å². The van der Waals surface area contributed by atoms with Crippen molar-refractivity contribution >= 4 is 28.9 Å². The van der Waals surface area contributed by atoms with Crippen LogP contribution in [-0.4, -0.2) is 29.8 Å². The number of amides is 1. The molecule has 1 N–H and O–H groups in total. The molecular formula is C26H25ClN2O2. The third kappa shape index (κ3) is 4.35. The lowest BCUT2D eigenvalue weighted by molar-refractivity contribution is -0.119. The number of hydrogen-bond acceptors (Lipinski definition) is 3. The van der Waals surface area contributed by atoms with Crippen molar-refractivity contribution in [2.45, 2.75) is 32.2 Å². The Hall–Kier alpha value is -3.11. The number of halogens is 1. The Balaban J connectivity index is 1.80. The van der Waals surface area contributed by atoms with E-state index in [0.717, 1.165) is 22.4 Å². The number of phenols is 1. The number of fused-ring (bicyclic) bond motifs is 1. The highest BCUT2D eigenvalue weighted by molar-refractivity contribution is 6.32. The number of benzodiazepines with no additional fused rings is 1. The third-order valence-corrected chi connectivity index (χ3v) is 5.93. The maximum Gasteiger partial charge on any atom is 0.251 e. The number of carbonyl (C=O) groups is 1. The molecule has 4 nitrogen and oxygen atoms in total. The summed E-state index contributed by atoms with van der Waals surface area (Å²) < 4.78 is 0. The smallest absolute Gasteiger partial charge is 0.251 e. The zero-order valence-electron chi connectivity index (χ0n) is 17.8. The van der Waals surface area contributed by atoms with Gasteiger partial charge in [0.25, 0.3) is 5.91 Å². The highest BCUT2D eigenvalue weighted by Gasteiger charge is 2.30. The highest BCUT2D eigenvalue weighted by Crippen LogP contribution is 2.31. The number of carbonyl (C=O) groups excluding carboxylic acids is 1. The molecule has 1 heterocycles. The van der Waals surface area contributed by atoms with Crippen LogP contribution in [0.2, 0.25) is 5.02 Å². The number of aromatic hydroxyl groups is 1. The van der Waals surface area contributed by atoms with Gasteiger partial charge in [0.05, 0.1) is 11.4 Å². The van der Waals surface area contributed by atoms with E-state index in [0.29, 0.717) is 23.1 Å². The number of phenolic OH excluding ortho intramolecular Hbond substituents is 1. The number of nitrogens with zero attached hydrogens (tertiary/aromatic N) is 2. The molecule has 0 bridgehead atoms. The molecule has 0 fully saturated rings. The van der Waals surface area contributed by atoms with Crippen LogP contribution < -0.4 is 4.90 Å². The van der Waals surface area contributed by atoms with E-state index in [1.165, 1.54) is 5.56 Å². The van der Waals surface area contributed by atoms with E-state index >= 15 is 0 Å². The predicted molar refractivity (Wildman–Crippen MR) is 127 cm³/mol. The first kappa shape index (κ1) is 21.1. The number of benzene rings is 3. The number of anilines is 1. The van der Waals surface area contributed by atoms with Gasteiger partial charge in [0.15, 0.2) is 0 Å². The molecule has 31 heavy (non-hydrogen) atoms. The van der Waals surface area contributed by atoms with Crippen molar-refractivity contribution in [1.82, 2.24) is 0 Å². The predicted octanol–water partition coefficient (Wildman–Crippen LogP) is 5.59. The first-order valence-corrected chi connectivity index (χ1v) is 10.7. The number of likely N-dealkylation sites (N-methyl/N-ethyl adjacent to an activating group) is 1. The number of rotatable bonds is 4. The van der Waals surface area contributed by atoms with Crippen molar-refractivity contribution in [3.63, 3.8) is 0 Å². The Morgan fingerprint density at radius 2 is 1.71 bits per heavy atom. The van der Waals surface area contributed by atoms with Crippen molar-refractivity contribution in [3.8, 4) is 5.75 Å². The van der Waals surface area contributed by atoms with Gasteiger partial charge < -0.3 is 10.0 Å². The molecule has 158 valence electrons. The van der Waals surface area contributed by atoms with E-state index in [4.69, 9.17) is 16.6 Å². The van der Waals surface area contributed by atoms with E-state index in [-0.39, 0.29) is 11.7 Å². The fraction of sp³-hybridized carbons (Fsp3) is 0.231. The molecule has 0 spiro atoms. The average Bonchev–Trinajstić information content (AvgIpc) is 2.85. The first-order chi connectivity index (χ1) is 14.8. The second-order valence-corrected chi connectivity index (χ2v) is 8.64. The summed E-state index contributed by atoms with van der Waals surface area (Å²) in [4.78, 5) is 19.9. The molecule has 3 aromatic carbocycles. The second kappa shape index (κ2) is 8.56. The molecule has 0 aromatic heterocycles. The van der Waals surface area contributed by atoms with Gasteiger partial charge >= 0.3 is 0 Å². The summed E-state index contributed by atoms with van der Waals surface area (Å²) in [6, 6.07) is 20.2. The minimum Gasteiger partial charge on any atom is -0.508 e. The third-order valence-electron chi connectivity index (χ3n) is 5.69. The van der Waals surface area contributed by atoms with Crippen LogP contribution in [0.3, 0.4) is 0 Å². The Labute approximate surface area is 187 Å². The topological polar surface area (TPSA) is 52.9 Å². The van der Waals surface area contributed by atoms with Crippen LogP contribution in [0, 0.1) is 0 Å². The van der Waals surface area contributed by atoms with Crippen LogP contribution in [-0.2, 0) is 11.2 Å². The van der Waals surface area contributed by atoms with E-state index in [1.807, 2.05) is 24.3 Å². The van der Waals surface area contributed by atoms with Crippen LogP contribution in [0.4, 0.5) is 5.69 Å². The van der Waals surface area contributed by atoms with Gasteiger partial charge in [0.2, 0.25) is 0 Å². The fourth-order valence-corrected chi connectivity index (χ4v) is 4.03. The molecule has 1 aliphatic rings. The SMILES string of the molecule is CC(C)c1ccc(CC2N=C(c3ccc(O)cc3)c3cc(Cl)ccc3N(C)C2=O)cc1.